The first-order chi connectivity index (χ1) is 7.65. The summed E-state index contributed by atoms with van der Waals surface area (Å²) in [5, 5.41) is 0. The van der Waals surface area contributed by atoms with Gasteiger partial charge in [0.15, 0.2) is 5.60 Å². The van der Waals surface area contributed by atoms with E-state index >= 15 is 0 Å². The fraction of sp³-hybridized carbons (Fsp3) is 0.667. The highest BCUT2D eigenvalue weighted by Gasteiger charge is 2.65. The van der Waals surface area contributed by atoms with E-state index in [-0.39, 0.29) is 17.3 Å². The highest BCUT2D eigenvalue weighted by molar-refractivity contribution is 5.67. The SMILES string of the molecule is C#CC(C)(OC(C)=O)[C@H]1[C@H](C=C(C)C)C1(C)C. The lowest BCUT2D eigenvalue weighted by atomic mass is 9.94. The summed E-state index contributed by atoms with van der Waals surface area (Å²) in [5.74, 6) is 2.92. The Labute approximate surface area is 104 Å². The number of carbonyl (C=O) groups excluding carboxylic acids is 1. The second-order valence-corrected chi connectivity index (χ2v) is 5.91. The molecule has 0 spiro atoms. The highest BCUT2D eigenvalue weighted by Crippen LogP contribution is 2.64. The van der Waals surface area contributed by atoms with Crippen LogP contribution in [0.5, 0.6) is 0 Å². The number of hydrogen-bond acceptors (Lipinski definition) is 2. The van der Waals surface area contributed by atoms with E-state index in [1.165, 1.54) is 12.5 Å². The van der Waals surface area contributed by atoms with E-state index in [0.29, 0.717) is 5.92 Å². The molecule has 0 aromatic rings. The Morgan fingerprint density at radius 3 is 2.29 bits per heavy atom. The van der Waals surface area contributed by atoms with Gasteiger partial charge in [-0.3, -0.25) is 4.79 Å². The van der Waals surface area contributed by atoms with E-state index in [1.54, 1.807) is 0 Å². The smallest absolute Gasteiger partial charge is 0.304 e. The molecule has 0 radical (unpaired) electrons. The first-order valence-electron chi connectivity index (χ1n) is 5.97. The first kappa shape index (κ1) is 13.8. The van der Waals surface area contributed by atoms with E-state index < -0.39 is 5.60 Å². The van der Waals surface area contributed by atoms with Gasteiger partial charge in [-0.25, -0.2) is 0 Å². The van der Waals surface area contributed by atoms with Crippen molar-refractivity contribution in [1.29, 1.82) is 0 Å². The predicted octanol–water partition coefficient (Wildman–Crippen LogP) is 3.18. The maximum atomic E-state index is 11.2. The second-order valence-electron chi connectivity index (χ2n) is 5.91. The minimum absolute atomic E-state index is 0.0911. The van der Waals surface area contributed by atoms with E-state index in [2.05, 4.69) is 39.7 Å². The third kappa shape index (κ3) is 2.54. The molecule has 0 aromatic carbocycles. The Morgan fingerprint density at radius 2 is 1.94 bits per heavy atom. The summed E-state index contributed by atoms with van der Waals surface area (Å²) >= 11 is 0. The van der Waals surface area contributed by atoms with Gasteiger partial charge in [-0.2, -0.15) is 0 Å². The van der Waals surface area contributed by atoms with E-state index in [9.17, 15) is 4.79 Å². The normalized spacial score (nSPS) is 28.5. The van der Waals surface area contributed by atoms with Crippen molar-refractivity contribution in [2.45, 2.75) is 47.1 Å². The fourth-order valence-corrected chi connectivity index (χ4v) is 2.88. The zero-order valence-corrected chi connectivity index (χ0v) is 11.6. The average Bonchev–Trinajstić information content (AvgIpc) is 2.66. The van der Waals surface area contributed by atoms with Crippen LogP contribution in [0.3, 0.4) is 0 Å². The summed E-state index contributed by atoms with van der Waals surface area (Å²) in [6.45, 7) is 11.7. The van der Waals surface area contributed by atoms with Gasteiger partial charge >= 0.3 is 5.97 Å². The molecule has 1 aliphatic rings. The van der Waals surface area contributed by atoms with Crippen LogP contribution in [0.4, 0.5) is 0 Å². The molecule has 2 heteroatoms. The molecular weight excluding hydrogens is 212 g/mol. The van der Waals surface area contributed by atoms with Crippen LogP contribution in [0.15, 0.2) is 11.6 Å². The topological polar surface area (TPSA) is 26.3 Å². The molecule has 0 bridgehead atoms. The lowest BCUT2D eigenvalue weighted by Crippen LogP contribution is -2.33. The molecule has 0 aliphatic heterocycles. The number of allylic oxidation sites excluding steroid dienone is 2. The van der Waals surface area contributed by atoms with Gasteiger partial charge in [0.2, 0.25) is 0 Å². The van der Waals surface area contributed by atoms with Crippen LogP contribution in [-0.2, 0) is 9.53 Å². The third-order valence-electron chi connectivity index (χ3n) is 3.66. The summed E-state index contributed by atoms with van der Waals surface area (Å²) in [7, 11) is 0. The van der Waals surface area contributed by atoms with Crippen molar-refractivity contribution >= 4 is 5.97 Å². The number of esters is 1. The van der Waals surface area contributed by atoms with Gasteiger partial charge in [0.05, 0.1) is 0 Å². The van der Waals surface area contributed by atoms with Gasteiger partial charge in [-0.15, -0.1) is 6.42 Å². The van der Waals surface area contributed by atoms with Gasteiger partial charge in [-0.1, -0.05) is 31.4 Å². The summed E-state index contributed by atoms with van der Waals surface area (Å²) < 4.78 is 5.35. The molecule has 3 atom stereocenters. The monoisotopic (exact) mass is 234 g/mol. The maximum absolute atomic E-state index is 11.2. The maximum Gasteiger partial charge on any atom is 0.304 e. The standard InChI is InChI=1S/C15H22O2/c1-8-15(7,17-11(4)16)13-12(9-10(2)3)14(13,5)6/h1,9,12-13H,2-7H3/t12-,13-,15?/m0/s1. The lowest BCUT2D eigenvalue weighted by Gasteiger charge is -2.25. The molecule has 17 heavy (non-hydrogen) atoms. The quantitative estimate of drug-likeness (QED) is 0.426. The number of carbonyl (C=O) groups is 1. The van der Waals surface area contributed by atoms with Gasteiger partial charge in [0.25, 0.3) is 0 Å². The summed E-state index contributed by atoms with van der Waals surface area (Å²) in [4.78, 5) is 11.2. The molecular formula is C15H22O2. The van der Waals surface area contributed by atoms with Gasteiger partial charge in [-0.05, 0) is 32.1 Å². The number of terminal acetylenes is 1. The van der Waals surface area contributed by atoms with E-state index in [0.717, 1.165) is 0 Å². The number of ether oxygens (including phenoxy) is 1. The van der Waals surface area contributed by atoms with Crippen molar-refractivity contribution in [3.63, 3.8) is 0 Å². The van der Waals surface area contributed by atoms with Gasteiger partial charge < -0.3 is 4.74 Å². The molecule has 1 aliphatic carbocycles. The molecule has 1 fully saturated rings. The second kappa shape index (κ2) is 4.22. The fourth-order valence-electron chi connectivity index (χ4n) is 2.88. The van der Waals surface area contributed by atoms with Crippen LogP contribution in [0, 0.1) is 29.6 Å². The summed E-state index contributed by atoms with van der Waals surface area (Å²) in [6.07, 6.45) is 7.79. The zero-order chi connectivity index (χ0) is 13.4. The van der Waals surface area contributed by atoms with Crippen molar-refractivity contribution in [2.24, 2.45) is 17.3 Å². The van der Waals surface area contributed by atoms with Crippen LogP contribution in [-0.4, -0.2) is 11.6 Å². The highest BCUT2D eigenvalue weighted by atomic mass is 16.6. The molecule has 0 N–H and O–H groups in total. The molecule has 2 nitrogen and oxygen atoms in total. The molecule has 1 saturated carbocycles. The van der Waals surface area contributed by atoms with E-state index in [4.69, 9.17) is 11.2 Å². The molecule has 0 aromatic heterocycles. The Kier molecular flexibility index (Phi) is 3.43. The van der Waals surface area contributed by atoms with Crippen LogP contribution in [0.2, 0.25) is 0 Å². The van der Waals surface area contributed by atoms with Crippen molar-refractivity contribution in [2.75, 3.05) is 0 Å². The largest absolute Gasteiger partial charge is 0.446 e. The van der Waals surface area contributed by atoms with Crippen LogP contribution < -0.4 is 0 Å². The molecule has 1 rings (SSSR count). The first-order valence-corrected chi connectivity index (χ1v) is 5.97. The Morgan fingerprint density at radius 1 is 1.41 bits per heavy atom. The van der Waals surface area contributed by atoms with Crippen molar-refractivity contribution < 1.29 is 9.53 Å². The molecule has 94 valence electrons. The van der Waals surface area contributed by atoms with Crippen LogP contribution >= 0.6 is 0 Å². The Hall–Kier alpha value is -1.23. The Bertz CT molecular complexity index is 394. The molecule has 1 unspecified atom stereocenters. The third-order valence-corrected chi connectivity index (χ3v) is 3.66. The van der Waals surface area contributed by atoms with Crippen LogP contribution in [0.25, 0.3) is 0 Å². The molecule has 0 heterocycles. The number of hydrogen-bond donors (Lipinski definition) is 0. The minimum atomic E-state index is -0.800. The van der Waals surface area contributed by atoms with Crippen molar-refractivity contribution in [3.8, 4) is 12.3 Å². The number of rotatable bonds is 3. The minimum Gasteiger partial charge on any atom is -0.446 e. The van der Waals surface area contributed by atoms with Crippen LogP contribution in [0.1, 0.15) is 41.5 Å². The Balaban J connectivity index is 2.97. The lowest BCUT2D eigenvalue weighted by molar-refractivity contribution is -0.152. The molecule has 0 amide bonds. The van der Waals surface area contributed by atoms with E-state index in [1.807, 2.05) is 6.92 Å². The average molecular weight is 234 g/mol. The molecule has 0 saturated heterocycles. The summed E-state index contributed by atoms with van der Waals surface area (Å²) in [6, 6.07) is 0. The zero-order valence-electron chi connectivity index (χ0n) is 11.6. The predicted molar refractivity (Wildman–Crippen MR) is 69.2 cm³/mol. The van der Waals surface area contributed by atoms with Gasteiger partial charge in [0, 0.05) is 12.8 Å². The van der Waals surface area contributed by atoms with Crippen molar-refractivity contribution in [1.82, 2.24) is 0 Å². The summed E-state index contributed by atoms with van der Waals surface area (Å²) in [5.41, 5.74) is 0.563. The van der Waals surface area contributed by atoms with Crippen molar-refractivity contribution in [3.05, 3.63) is 11.6 Å². The van der Waals surface area contributed by atoms with Gasteiger partial charge in [0.1, 0.15) is 0 Å².